The second-order valence-electron chi connectivity index (χ2n) is 8.53. The van der Waals surface area contributed by atoms with Gasteiger partial charge in [0.1, 0.15) is 11.4 Å². The first kappa shape index (κ1) is 19.0. The summed E-state index contributed by atoms with van der Waals surface area (Å²) in [6.45, 7) is 8.37. The number of rotatable bonds is 4. The van der Waals surface area contributed by atoms with E-state index in [0.29, 0.717) is 12.0 Å². The Kier molecular flexibility index (Phi) is 5.72. The van der Waals surface area contributed by atoms with E-state index >= 15 is 0 Å². The van der Waals surface area contributed by atoms with Crippen LogP contribution >= 0.6 is 0 Å². The average molecular weight is 353 g/mol. The maximum atomic E-state index is 6.03. The zero-order chi connectivity index (χ0) is 18.7. The van der Waals surface area contributed by atoms with Crippen LogP contribution in [0.2, 0.25) is 0 Å². The Hall–Kier alpha value is -1.80. The molecule has 0 unspecified atom stereocenters. The zero-order valence-electron chi connectivity index (χ0n) is 16.8. The highest BCUT2D eigenvalue weighted by Crippen LogP contribution is 2.35. The van der Waals surface area contributed by atoms with Crippen LogP contribution in [0.25, 0.3) is 11.1 Å². The van der Waals surface area contributed by atoms with E-state index in [1.807, 2.05) is 7.11 Å². The molecule has 0 heterocycles. The predicted octanol–water partition coefficient (Wildman–Crippen LogP) is 6.51. The highest BCUT2D eigenvalue weighted by Gasteiger charge is 2.22. The Bertz CT molecular complexity index is 717. The Morgan fingerprint density at radius 2 is 1.46 bits per heavy atom. The second kappa shape index (κ2) is 7.84. The number of aryl methyl sites for hydroxylation is 1. The van der Waals surface area contributed by atoms with Gasteiger partial charge in [0.15, 0.2) is 0 Å². The van der Waals surface area contributed by atoms with Crippen molar-refractivity contribution < 1.29 is 9.47 Å². The maximum absolute atomic E-state index is 6.03. The van der Waals surface area contributed by atoms with Crippen LogP contribution in [-0.4, -0.2) is 18.8 Å². The van der Waals surface area contributed by atoms with E-state index in [4.69, 9.17) is 9.47 Å². The molecule has 1 aliphatic rings. The largest absolute Gasteiger partial charge is 0.488 e. The molecule has 0 bridgehead atoms. The summed E-state index contributed by atoms with van der Waals surface area (Å²) in [5.74, 6) is 1.65. The summed E-state index contributed by atoms with van der Waals surface area (Å²) >= 11 is 0. The van der Waals surface area contributed by atoms with Crippen LogP contribution in [0.1, 0.15) is 63.5 Å². The summed E-state index contributed by atoms with van der Waals surface area (Å²) in [7, 11) is 1.83. The Morgan fingerprint density at radius 3 is 2.00 bits per heavy atom. The highest BCUT2D eigenvalue weighted by atomic mass is 16.5. The minimum atomic E-state index is -0.171. The van der Waals surface area contributed by atoms with Gasteiger partial charge in [-0.15, -0.1) is 0 Å². The Balaban J connectivity index is 1.72. The van der Waals surface area contributed by atoms with E-state index in [9.17, 15) is 0 Å². The molecule has 2 nitrogen and oxygen atoms in total. The first-order valence-corrected chi connectivity index (χ1v) is 9.78. The van der Waals surface area contributed by atoms with Crippen LogP contribution in [0, 0.1) is 6.92 Å². The zero-order valence-corrected chi connectivity index (χ0v) is 16.8. The van der Waals surface area contributed by atoms with Gasteiger partial charge in [-0.1, -0.05) is 30.3 Å². The lowest BCUT2D eigenvalue weighted by Crippen LogP contribution is -2.23. The summed E-state index contributed by atoms with van der Waals surface area (Å²) in [5, 5.41) is 0. The van der Waals surface area contributed by atoms with E-state index in [1.165, 1.54) is 47.9 Å². The molecule has 2 aromatic carbocycles. The third-order valence-electron chi connectivity index (χ3n) is 5.31. The lowest BCUT2D eigenvalue weighted by atomic mass is 9.82. The van der Waals surface area contributed by atoms with Gasteiger partial charge in [-0.2, -0.15) is 0 Å². The maximum Gasteiger partial charge on any atom is 0.123 e. The second-order valence-corrected chi connectivity index (χ2v) is 8.53. The van der Waals surface area contributed by atoms with Crippen LogP contribution in [0.4, 0.5) is 0 Å². The van der Waals surface area contributed by atoms with Gasteiger partial charge in [0.2, 0.25) is 0 Å². The monoisotopic (exact) mass is 352 g/mol. The smallest absolute Gasteiger partial charge is 0.123 e. The van der Waals surface area contributed by atoms with Gasteiger partial charge in [0.25, 0.3) is 0 Å². The van der Waals surface area contributed by atoms with E-state index < -0.39 is 0 Å². The average Bonchev–Trinajstić information content (AvgIpc) is 2.63. The Labute approximate surface area is 158 Å². The summed E-state index contributed by atoms with van der Waals surface area (Å²) in [6.07, 6.45) is 5.28. The number of methoxy groups -OCH3 is 1. The topological polar surface area (TPSA) is 18.5 Å². The standard InChI is InChI=1S/C24H32O2/c1-17-16-21(12-15-23(17)26-24(2,3)4)20-8-6-18(7-9-20)19-10-13-22(25-5)14-11-19/h6-9,12,15-16,19,22H,10-11,13-14H2,1-5H3. The van der Waals surface area contributed by atoms with Crippen molar-refractivity contribution in [3.63, 3.8) is 0 Å². The van der Waals surface area contributed by atoms with Crippen molar-refractivity contribution in [3.8, 4) is 16.9 Å². The van der Waals surface area contributed by atoms with Gasteiger partial charge in [-0.25, -0.2) is 0 Å². The van der Waals surface area contributed by atoms with Crippen LogP contribution in [0.3, 0.4) is 0 Å². The lowest BCUT2D eigenvalue weighted by molar-refractivity contribution is 0.0659. The molecule has 1 fully saturated rings. The molecule has 0 saturated heterocycles. The molecule has 140 valence electrons. The molecule has 0 spiro atoms. The summed E-state index contributed by atoms with van der Waals surface area (Å²) in [4.78, 5) is 0. The molecule has 2 aromatic rings. The molecule has 1 saturated carbocycles. The Morgan fingerprint density at radius 1 is 0.846 bits per heavy atom. The summed E-state index contributed by atoms with van der Waals surface area (Å²) in [5.41, 5.74) is 4.99. The minimum Gasteiger partial charge on any atom is -0.488 e. The third kappa shape index (κ3) is 4.67. The van der Waals surface area contributed by atoms with Gasteiger partial charge in [0, 0.05) is 7.11 Å². The van der Waals surface area contributed by atoms with E-state index in [-0.39, 0.29) is 5.60 Å². The summed E-state index contributed by atoms with van der Waals surface area (Å²) in [6, 6.07) is 15.6. The molecular weight excluding hydrogens is 320 g/mol. The van der Waals surface area contributed by atoms with Crippen molar-refractivity contribution in [2.24, 2.45) is 0 Å². The van der Waals surface area contributed by atoms with Crippen molar-refractivity contribution >= 4 is 0 Å². The minimum absolute atomic E-state index is 0.171. The van der Waals surface area contributed by atoms with Crippen molar-refractivity contribution in [1.82, 2.24) is 0 Å². The van der Waals surface area contributed by atoms with Gasteiger partial charge >= 0.3 is 0 Å². The molecule has 26 heavy (non-hydrogen) atoms. The normalized spacial score (nSPS) is 20.8. The lowest BCUT2D eigenvalue weighted by Gasteiger charge is -2.28. The molecule has 0 radical (unpaired) electrons. The highest BCUT2D eigenvalue weighted by molar-refractivity contribution is 5.66. The van der Waals surface area contributed by atoms with Crippen LogP contribution in [0.5, 0.6) is 5.75 Å². The summed E-state index contributed by atoms with van der Waals surface area (Å²) < 4.78 is 11.5. The molecule has 0 aromatic heterocycles. The van der Waals surface area contributed by atoms with Gasteiger partial charge in [-0.05, 0) is 93.7 Å². The number of benzene rings is 2. The van der Waals surface area contributed by atoms with Gasteiger partial charge in [0.05, 0.1) is 6.10 Å². The molecular formula is C24H32O2. The van der Waals surface area contributed by atoms with Gasteiger partial charge < -0.3 is 9.47 Å². The number of hydrogen-bond donors (Lipinski definition) is 0. The quantitative estimate of drug-likeness (QED) is 0.624. The molecule has 2 heteroatoms. The fraction of sp³-hybridized carbons (Fsp3) is 0.500. The molecule has 0 amide bonds. The first-order valence-electron chi connectivity index (χ1n) is 9.78. The fourth-order valence-corrected chi connectivity index (χ4v) is 3.85. The SMILES string of the molecule is COC1CCC(c2ccc(-c3ccc(OC(C)(C)C)c(C)c3)cc2)CC1. The molecule has 0 aliphatic heterocycles. The van der Waals surface area contributed by atoms with Crippen molar-refractivity contribution in [2.45, 2.75) is 71.0 Å². The van der Waals surface area contributed by atoms with Crippen molar-refractivity contribution in [2.75, 3.05) is 7.11 Å². The predicted molar refractivity (Wildman–Crippen MR) is 109 cm³/mol. The molecule has 0 atom stereocenters. The molecule has 1 aliphatic carbocycles. The van der Waals surface area contributed by atoms with Crippen LogP contribution in [0.15, 0.2) is 42.5 Å². The third-order valence-corrected chi connectivity index (χ3v) is 5.31. The van der Waals surface area contributed by atoms with E-state index in [2.05, 4.69) is 70.2 Å². The van der Waals surface area contributed by atoms with E-state index in [1.54, 1.807) is 0 Å². The molecule has 3 rings (SSSR count). The van der Waals surface area contributed by atoms with E-state index in [0.717, 1.165) is 5.75 Å². The van der Waals surface area contributed by atoms with Crippen molar-refractivity contribution in [3.05, 3.63) is 53.6 Å². The fourth-order valence-electron chi connectivity index (χ4n) is 3.85. The molecule has 0 N–H and O–H groups in total. The van der Waals surface area contributed by atoms with Crippen LogP contribution in [-0.2, 0) is 4.74 Å². The van der Waals surface area contributed by atoms with Crippen molar-refractivity contribution in [1.29, 1.82) is 0 Å². The first-order chi connectivity index (χ1) is 12.4. The number of ether oxygens (including phenoxy) is 2. The van der Waals surface area contributed by atoms with Gasteiger partial charge in [-0.3, -0.25) is 0 Å². The van der Waals surface area contributed by atoms with Crippen LogP contribution < -0.4 is 4.74 Å². The number of hydrogen-bond acceptors (Lipinski definition) is 2.